The summed E-state index contributed by atoms with van der Waals surface area (Å²) in [6, 6.07) is 5.03. The van der Waals surface area contributed by atoms with Crippen LogP contribution in [0.3, 0.4) is 0 Å². The summed E-state index contributed by atoms with van der Waals surface area (Å²) in [5.41, 5.74) is -0.462. The molecule has 1 heterocycles. The van der Waals surface area contributed by atoms with Crippen molar-refractivity contribution in [3.05, 3.63) is 53.9 Å². The zero-order chi connectivity index (χ0) is 13.8. The van der Waals surface area contributed by atoms with Crippen LogP contribution in [-0.4, -0.2) is 27.0 Å². The van der Waals surface area contributed by atoms with Crippen LogP contribution in [-0.2, 0) is 0 Å². The summed E-state index contributed by atoms with van der Waals surface area (Å²) in [6.45, 7) is 0. The lowest BCUT2D eigenvalue weighted by atomic mass is 10.3. The largest absolute Gasteiger partial charge is 0.476 e. The Kier molecular flexibility index (Phi) is 3.46. The van der Waals surface area contributed by atoms with Gasteiger partial charge in [-0.3, -0.25) is 0 Å². The summed E-state index contributed by atoms with van der Waals surface area (Å²) >= 11 is 0. The summed E-state index contributed by atoms with van der Waals surface area (Å²) in [7, 11) is 0. The van der Waals surface area contributed by atoms with E-state index in [1.54, 1.807) is 0 Å². The van der Waals surface area contributed by atoms with E-state index in [2.05, 4.69) is 9.97 Å². The number of halogens is 1. The first-order valence-electron chi connectivity index (χ1n) is 5.09. The molecule has 0 unspecified atom stereocenters. The second-order valence-corrected chi connectivity index (χ2v) is 3.44. The van der Waals surface area contributed by atoms with Crippen LogP contribution in [0.5, 0.6) is 5.75 Å². The van der Waals surface area contributed by atoms with E-state index in [9.17, 15) is 14.0 Å². The van der Waals surface area contributed by atoms with Gasteiger partial charge in [-0.05, 0) is 12.1 Å². The zero-order valence-electron chi connectivity index (χ0n) is 9.41. The van der Waals surface area contributed by atoms with Gasteiger partial charge in [0.15, 0.2) is 11.4 Å². The monoisotopic (exact) mass is 262 g/mol. The lowest BCUT2D eigenvalue weighted by Gasteiger charge is -2.03. The number of esters is 1. The maximum atomic E-state index is 12.9. The number of hydrogen-bond acceptors (Lipinski definition) is 5. The molecule has 2 rings (SSSR count). The normalized spacial score (nSPS) is 9.95. The molecule has 96 valence electrons. The van der Waals surface area contributed by atoms with Crippen LogP contribution in [0.2, 0.25) is 0 Å². The van der Waals surface area contributed by atoms with Gasteiger partial charge >= 0.3 is 11.9 Å². The van der Waals surface area contributed by atoms with Crippen LogP contribution in [0.25, 0.3) is 0 Å². The molecule has 0 spiro atoms. The van der Waals surface area contributed by atoms with Crippen molar-refractivity contribution in [2.45, 2.75) is 0 Å². The Morgan fingerprint density at radius 3 is 2.42 bits per heavy atom. The number of carbonyl (C=O) groups excluding carboxylic acids is 1. The third kappa shape index (κ3) is 3.09. The fourth-order valence-electron chi connectivity index (χ4n) is 1.23. The maximum Gasteiger partial charge on any atom is 0.363 e. The summed E-state index contributed by atoms with van der Waals surface area (Å²) in [4.78, 5) is 29.3. The fourth-order valence-corrected chi connectivity index (χ4v) is 1.23. The SMILES string of the molecule is O=C(O)c1cnc(C(=O)Oc2cccc(F)c2)cn1. The van der Waals surface area contributed by atoms with E-state index < -0.39 is 17.8 Å². The van der Waals surface area contributed by atoms with E-state index in [0.717, 1.165) is 18.5 Å². The lowest BCUT2D eigenvalue weighted by molar-refractivity contribution is 0.0682. The number of rotatable bonds is 3. The van der Waals surface area contributed by atoms with Gasteiger partial charge in [0, 0.05) is 6.07 Å². The van der Waals surface area contributed by atoms with Gasteiger partial charge in [-0.2, -0.15) is 0 Å². The molecule has 0 fully saturated rings. The highest BCUT2D eigenvalue weighted by Crippen LogP contribution is 2.13. The van der Waals surface area contributed by atoms with Gasteiger partial charge in [-0.25, -0.2) is 23.9 Å². The molecule has 7 heteroatoms. The van der Waals surface area contributed by atoms with Crippen molar-refractivity contribution in [2.75, 3.05) is 0 Å². The summed E-state index contributed by atoms with van der Waals surface area (Å²) in [6.07, 6.45) is 1.91. The molecule has 0 bridgehead atoms. The number of carboxylic acids is 1. The predicted octanol–water partition coefficient (Wildman–Crippen LogP) is 1.53. The molecule has 0 aliphatic heterocycles. The van der Waals surface area contributed by atoms with Gasteiger partial charge in [-0.15, -0.1) is 0 Å². The molecule has 1 N–H and O–H groups in total. The Hall–Kier alpha value is -2.83. The Morgan fingerprint density at radius 2 is 1.84 bits per heavy atom. The molecule has 0 saturated carbocycles. The Labute approximate surface area is 106 Å². The van der Waals surface area contributed by atoms with Crippen LogP contribution < -0.4 is 4.74 Å². The topological polar surface area (TPSA) is 89.4 Å². The molecule has 0 radical (unpaired) electrons. The minimum Gasteiger partial charge on any atom is -0.476 e. The third-order valence-electron chi connectivity index (χ3n) is 2.09. The summed E-state index contributed by atoms with van der Waals surface area (Å²) in [5, 5.41) is 8.62. The van der Waals surface area contributed by atoms with E-state index in [1.807, 2.05) is 0 Å². The molecule has 2 aromatic rings. The highest BCUT2D eigenvalue weighted by molar-refractivity contribution is 5.90. The number of carboxylic acid groups (broad SMARTS) is 1. The summed E-state index contributed by atoms with van der Waals surface area (Å²) < 4.78 is 17.7. The second kappa shape index (κ2) is 5.21. The van der Waals surface area contributed by atoms with Gasteiger partial charge in [0.1, 0.15) is 11.6 Å². The molecule has 0 saturated heterocycles. The molecule has 0 atom stereocenters. The number of carbonyl (C=O) groups is 2. The van der Waals surface area contributed by atoms with Gasteiger partial charge in [0.25, 0.3) is 0 Å². The lowest BCUT2D eigenvalue weighted by Crippen LogP contribution is -2.12. The Balaban J connectivity index is 2.14. The predicted molar refractivity (Wildman–Crippen MR) is 60.3 cm³/mol. The molecular weight excluding hydrogens is 255 g/mol. The molecule has 6 nitrogen and oxygen atoms in total. The third-order valence-corrected chi connectivity index (χ3v) is 2.09. The number of hydrogen-bond donors (Lipinski definition) is 1. The number of benzene rings is 1. The standard InChI is InChI=1S/C12H7FN2O4/c13-7-2-1-3-8(4-7)19-12(18)10-6-14-9(5-15-10)11(16)17/h1-6H,(H,16,17). The first kappa shape index (κ1) is 12.6. The minimum absolute atomic E-state index is 0.0223. The quantitative estimate of drug-likeness (QED) is 0.666. The number of nitrogens with zero attached hydrogens (tertiary/aromatic N) is 2. The van der Waals surface area contributed by atoms with Crippen molar-refractivity contribution in [3.63, 3.8) is 0 Å². The Bertz CT molecular complexity index is 628. The minimum atomic E-state index is -1.25. The van der Waals surface area contributed by atoms with E-state index in [0.29, 0.717) is 0 Å². The second-order valence-electron chi connectivity index (χ2n) is 3.44. The zero-order valence-corrected chi connectivity index (χ0v) is 9.41. The highest BCUT2D eigenvalue weighted by Gasteiger charge is 2.13. The van der Waals surface area contributed by atoms with E-state index >= 15 is 0 Å². The highest BCUT2D eigenvalue weighted by atomic mass is 19.1. The van der Waals surface area contributed by atoms with Crippen molar-refractivity contribution in [1.29, 1.82) is 0 Å². The molecular formula is C12H7FN2O4. The van der Waals surface area contributed by atoms with Crippen molar-refractivity contribution < 1.29 is 23.8 Å². The average Bonchev–Trinajstić information content (AvgIpc) is 2.39. The van der Waals surface area contributed by atoms with Crippen LogP contribution in [0.1, 0.15) is 21.0 Å². The molecule has 1 aromatic carbocycles. The van der Waals surface area contributed by atoms with Crippen LogP contribution in [0, 0.1) is 5.82 Å². The number of ether oxygens (including phenoxy) is 1. The molecule has 0 amide bonds. The van der Waals surface area contributed by atoms with Crippen LogP contribution in [0.15, 0.2) is 36.7 Å². The van der Waals surface area contributed by atoms with Crippen molar-refractivity contribution in [3.8, 4) is 5.75 Å². The Morgan fingerprint density at radius 1 is 1.16 bits per heavy atom. The summed E-state index contributed by atoms with van der Waals surface area (Å²) in [5.74, 6) is -2.63. The van der Waals surface area contributed by atoms with Gasteiger partial charge in [0.2, 0.25) is 0 Å². The molecule has 0 aliphatic carbocycles. The van der Waals surface area contributed by atoms with Gasteiger partial charge < -0.3 is 9.84 Å². The maximum absolute atomic E-state index is 12.9. The van der Waals surface area contributed by atoms with Gasteiger partial charge in [-0.1, -0.05) is 6.07 Å². The van der Waals surface area contributed by atoms with Crippen molar-refractivity contribution in [1.82, 2.24) is 9.97 Å². The van der Waals surface area contributed by atoms with Gasteiger partial charge in [0.05, 0.1) is 12.4 Å². The molecule has 1 aromatic heterocycles. The van der Waals surface area contributed by atoms with Crippen LogP contribution in [0.4, 0.5) is 4.39 Å². The van der Waals surface area contributed by atoms with E-state index in [1.165, 1.54) is 18.2 Å². The number of aromatic nitrogens is 2. The van der Waals surface area contributed by atoms with E-state index in [-0.39, 0.29) is 17.1 Å². The average molecular weight is 262 g/mol. The number of aromatic carboxylic acids is 1. The first-order valence-corrected chi connectivity index (χ1v) is 5.09. The smallest absolute Gasteiger partial charge is 0.363 e. The fraction of sp³-hybridized carbons (Fsp3) is 0. The molecule has 19 heavy (non-hydrogen) atoms. The molecule has 0 aliphatic rings. The first-order chi connectivity index (χ1) is 9.06. The van der Waals surface area contributed by atoms with Crippen molar-refractivity contribution in [2.24, 2.45) is 0 Å². The van der Waals surface area contributed by atoms with Crippen LogP contribution >= 0.6 is 0 Å². The van der Waals surface area contributed by atoms with E-state index in [4.69, 9.17) is 9.84 Å². The van der Waals surface area contributed by atoms with Crippen molar-refractivity contribution >= 4 is 11.9 Å².